The molecule has 0 aliphatic carbocycles. The van der Waals surface area contributed by atoms with E-state index < -0.39 is 23.9 Å². The summed E-state index contributed by atoms with van der Waals surface area (Å²) >= 11 is 1.20. The van der Waals surface area contributed by atoms with Gasteiger partial charge in [0.15, 0.2) is 16.3 Å². The monoisotopic (exact) mass is 724 g/mol. The Hall–Kier alpha value is -6.28. The zero-order chi connectivity index (χ0) is 37.5. The predicted octanol–water partition coefficient (Wildman–Crippen LogP) is 4.68. The number of methoxy groups -OCH3 is 2. The average Bonchev–Trinajstić information content (AvgIpc) is 3.68. The molecule has 0 spiro atoms. The number of esters is 2. The third-order valence-corrected chi connectivity index (χ3v) is 8.66. The van der Waals surface area contributed by atoms with E-state index in [1.165, 1.54) is 37.0 Å². The number of carboxylic acids is 1. The van der Waals surface area contributed by atoms with E-state index in [2.05, 4.69) is 4.99 Å². The van der Waals surface area contributed by atoms with Crippen molar-refractivity contribution < 1.29 is 38.4 Å². The molecule has 0 radical (unpaired) electrons. The molecule has 0 bridgehead atoms. The van der Waals surface area contributed by atoms with Crippen molar-refractivity contribution in [1.29, 1.82) is 0 Å². The molecule has 1 aliphatic rings. The SMILES string of the molecule is CC(=O)O.CCOc1ccc(-c2nn(-c3ccccc3)cc2/C=c2\sc3n(c2=O)C(c2ccc(OC(C)=O)c(OC)c2)C(C(=O)OC)=C(C)N=3)cc1. The van der Waals surface area contributed by atoms with Gasteiger partial charge in [0.2, 0.25) is 0 Å². The quantitative estimate of drug-likeness (QED) is 0.167. The van der Waals surface area contributed by atoms with Gasteiger partial charge in [-0.05, 0) is 74.0 Å². The number of aromatic nitrogens is 3. The summed E-state index contributed by atoms with van der Waals surface area (Å²) < 4.78 is 25.2. The number of hydrogen-bond acceptors (Lipinski definition) is 11. The van der Waals surface area contributed by atoms with Gasteiger partial charge in [-0.15, -0.1) is 0 Å². The summed E-state index contributed by atoms with van der Waals surface area (Å²) in [5.74, 6) is -0.760. The Labute approximate surface area is 302 Å². The van der Waals surface area contributed by atoms with Crippen molar-refractivity contribution in [3.05, 3.63) is 121 Å². The van der Waals surface area contributed by atoms with Crippen LogP contribution in [0.5, 0.6) is 17.2 Å². The van der Waals surface area contributed by atoms with E-state index in [0.717, 1.165) is 23.9 Å². The van der Waals surface area contributed by atoms with E-state index in [-0.39, 0.29) is 22.6 Å². The number of fused-ring (bicyclic) bond motifs is 1. The van der Waals surface area contributed by atoms with Crippen molar-refractivity contribution in [1.82, 2.24) is 14.3 Å². The van der Waals surface area contributed by atoms with Gasteiger partial charge in [0.05, 0.1) is 48.4 Å². The summed E-state index contributed by atoms with van der Waals surface area (Å²) in [6.07, 6.45) is 3.67. The minimum absolute atomic E-state index is 0.200. The minimum atomic E-state index is -0.895. The van der Waals surface area contributed by atoms with Crippen molar-refractivity contribution in [2.75, 3.05) is 20.8 Å². The molecule has 5 aromatic rings. The fourth-order valence-corrected chi connectivity index (χ4v) is 6.59. The molecule has 1 aliphatic heterocycles. The standard InChI is InChI=1S/C36H32N4O7S.C2H4O2/c1-6-46-27-15-12-23(13-16-27)32-25(20-39(38-32)26-10-8-7-9-11-26)19-30-34(42)40-33(31(35(43)45-5)21(2)37-36(40)48-30)24-14-17-28(47-22(3)41)29(18-24)44-4;1-2(3)4/h7-20,33H,6H2,1-5H3;1H3,(H,3,4)/b30-19-;. The van der Waals surface area contributed by atoms with E-state index in [0.29, 0.717) is 38.5 Å². The van der Waals surface area contributed by atoms with Gasteiger partial charge in [0.1, 0.15) is 11.4 Å². The van der Waals surface area contributed by atoms with Crippen LogP contribution in [0.3, 0.4) is 0 Å². The van der Waals surface area contributed by atoms with Crippen molar-refractivity contribution in [3.63, 3.8) is 0 Å². The van der Waals surface area contributed by atoms with Gasteiger partial charge in [-0.2, -0.15) is 5.10 Å². The molecule has 6 rings (SSSR count). The first-order chi connectivity index (χ1) is 24.9. The van der Waals surface area contributed by atoms with Gasteiger partial charge in [0, 0.05) is 31.2 Å². The summed E-state index contributed by atoms with van der Waals surface area (Å²) in [4.78, 5) is 53.2. The van der Waals surface area contributed by atoms with E-state index in [9.17, 15) is 14.4 Å². The Bertz CT molecular complexity index is 2340. The van der Waals surface area contributed by atoms with Gasteiger partial charge in [0.25, 0.3) is 11.5 Å². The summed E-state index contributed by atoms with van der Waals surface area (Å²) in [7, 11) is 2.72. The van der Waals surface area contributed by atoms with Gasteiger partial charge in [-0.1, -0.05) is 35.6 Å². The second kappa shape index (κ2) is 16.2. The maximum Gasteiger partial charge on any atom is 0.338 e. The third kappa shape index (κ3) is 8.02. The normalized spacial score (nSPS) is 13.7. The fourth-order valence-electron chi connectivity index (χ4n) is 5.55. The van der Waals surface area contributed by atoms with Crippen LogP contribution in [0, 0.1) is 0 Å². The first-order valence-electron chi connectivity index (χ1n) is 16.0. The summed E-state index contributed by atoms with van der Waals surface area (Å²) in [5, 5.41) is 12.3. The van der Waals surface area contributed by atoms with Crippen LogP contribution >= 0.6 is 11.3 Å². The molecule has 0 saturated heterocycles. The Morgan fingerprint density at radius 3 is 2.29 bits per heavy atom. The number of hydrogen-bond donors (Lipinski definition) is 1. The molecule has 3 heterocycles. The predicted molar refractivity (Wildman–Crippen MR) is 194 cm³/mol. The summed E-state index contributed by atoms with van der Waals surface area (Å²) in [6, 6.07) is 21.3. The zero-order valence-corrected chi connectivity index (χ0v) is 30.1. The first-order valence-corrected chi connectivity index (χ1v) is 16.8. The molecule has 1 unspecified atom stereocenters. The topological polar surface area (TPSA) is 161 Å². The number of carboxylic acid groups (broad SMARTS) is 1. The molecular formula is C38H36N4O9S. The highest BCUT2D eigenvalue weighted by Crippen LogP contribution is 2.36. The molecule has 0 saturated carbocycles. The number of thiazole rings is 1. The number of carbonyl (C=O) groups is 3. The number of allylic oxidation sites excluding steroid dienone is 1. The van der Waals surface area contributed by atoms with Gasteiger partial charge in [-0.25, -0.2) is 14.5 Å². The molecule has 1 atom stereocenters. The van der Waals surface area contributed by atoms with Gasteiger partial charge < -0.3 is 24.1 Å². The Balaban J connectivity index is 0.00000124. The lowest BCUT2D eigenvalue weighted by atomic mass is 9.95. The molecular weight excluding hydrogens is 689 g/mol. The van der Waals surface area contributed by atoms with Gasteiger partial charge in [-0.3, -0.25) is 19.0 Å². The average molecular weight is 725 g/mol. The lowest BCUT2D eigenvalue weighted by Crippen LogP contribution is -2.39. The summed E-state index contributed by atoms with van der Waals surface area (Å²) in [6.45, 7) is 6.56. The molecule has 1 N–H and O–H groups in total. The van der Waals surface area contributed by atoms with Crippen LogP contribution in [0.25, 0.3) is 23.0 Å². The van der Waals surface area contributed by atoms with Crippen LogP contribution in [-0.4, -0.2) is 58.2 Å². The number of nitrogens with zero attached hydrogens (tertiary/aromatic N) is 4. The van der Waals surface area contributed by atoms with Crippen molar-refractivity contribution in [2.45, 2.75) is 33.7 Å². The highest BCUT2D eigenvalue weighted by atomic mass is 32.1. The second-order valence-electron chi connectivity index (χ2n) is 11.3. The number of aliphatic carboxylic acids is 1. The van der Waals surface area contributed by atoms with E-state index in [4.69, 9.17) is 33.9 Å². The molecule has 3 aromatic carbocycles. The maximum atomic E-state index is 14.3. The van der Waals surface area contributed by atoms with Crippen LogP contribution in [-0.2, 0) is 19.1 Å². The molecule has 0 fully saturated rings. The Morgan fingerprint density at radius 2 is 1.67 bits per heavy atom. The summed E-state index contributed by atoms with van der Waals surface area (Å²) in [5.41, 5.74) is 3.87. The van der Waals surface area contributed by atoms with Crippen LogP contribution in [0.2, 0.25) is 0 Å². The molecule has 13 nitrogen and oxygen atoms in total. The molecule has 0 amide bonds. The Kier molecular flexibility index (Phi) is 11.5. The zero-order valence-electron chi connectivity index (χ0n) is 29.3. The minimum Gasteiger partial charge on any atom is -0.494 e. The van der Waals surface area contributed by atoms with E-state index in [1.54, 1.807) is 35.9 Å². The van der Waals surface area contributed by atoms with Crippen LogP contribution in [0.1, 0.15) is 44.9 Å². The van der Waals surface area contributed by atoms with Crippen LogP contribution in [0.4, 0.5) is 0 Å². The fraction of sp³-hybridized carbons (Fsp3) is 0.211. The van der Waals surface area contributed by atoms with Crippen LogP contribution < -0.4 is 29.1 Å². The number of rotatable bonds is 9. The molecule has 2 aromatic heterocycles. The number of ether oxygens (including phenoxy) is 4. The van der Waals surface area contributed by atoms with Crippen molar-refractivity contribution in [2.24, 2.45) is 4.99 Å². The number of para-hydroxylation sites is 1. The number of benzene rings is 3. The third-order valence-electron chi connectivity index (χ3n) is 7.67. The lowest BCUT2D eigenvalue weighted by Gasteiger charge is -2.25. The van der Waals surface area contributed by atoms with Crippen LogP contribution in [0.15, 0.2) is 100 Å². The van der Waals surface area contributed by atoms with Crippen molar-refractivity contribution >= 4 is 35.3 Å². The van der Waals surface area contributed by atoms with Gasteiger partial charge >= 0.3 is 11.9 Å². The molecule has 14 heteroatoms. The highest BCUT2D eigenvalue weighted by Gasteiger charge is 2.34. The second-order valence-corrected chi connectivity index (χ2v) is 12.3. The lowest BCUT2D eigenvalue weighted by molar-refractivity contribution is -0.137. The first kappa shape index (κ1) is 37.0. The van der Waals surface area contributed by atoms with E-state index >= 15 is 0 Å². The highest BCUT2D eigenvalue weighted by molar-refractivity contribution is 7.07. The Morgan fingerprint density at radius 1 is 0.981 bits per heavy atom. The largest absolute Gasteiger partial charge is 0.494 e. The molecule has 268 valence electrons. The van der Waals surface area contributed by atoms with Crippen molar-refractivity contribution in [3.8, 4) is 34.2 Å². The molecule has 52 heavy (non-hydrogen) atoms. The van der Waals surface area contributed by atoms with E-state index in [1.807, 2.05) is 67.7 Å². The smallest absolute Gasteiger partial charge is 0.338 e. The number of carbonyl (C=O) groups excluding carboxylic acids is 2. The maximum absolute atomic E-state index is 14.3.